The van der Waals surface area contributed by atoms with E-state index in [-0.39, 0.29) is 11.6 Å². The van der Waals surface area contributed by atoms with Gasteiger partial charge >= 0.3 is 0 Å². The maximum absolute atomic E-state index is 12.1. The van der Waals surface area contributed by atoms with E-state index in [9.17, 15) is 9.59 Å². The molecule has 0 heterocycles. The van der Waals surface area contributed by atoms with Crippen molar-refractivity contribution in [1.82, 2.24) is 0 Å². The smallest absolute Gasteiger partial charge is 0.198 e. The molecule has 1 atom stereocenters. The first kappa shape index (κ1) is 41.3. The summed E-state index contributed by atoms with van der Waals surface area (Å²) < 4.78 is 0. The summed E-state index contributed by atoms with van der Waals surface area (Å²) in [5, 5.41) is 0. The van der Waals surface area contributed by atoms with Crippen molar-refractivity contribution in [2.24, 2.45) is 5.92 Å². The minimum Gasteiger partial charge on any atom is -0.291 e. The zero-order chi connectivity index (χ0) is 30.8. The highest BCUT2D eigenvalue weighted by atomic mass is 16.2. The maximum Gasteiger partial charge on any atom is 0.198 e. The molecule has 0 aliphatic carbocycles. The molecular formula is C40H78O2. The Hall–Kier alpha value is -0.660. The maximum atomic E-state index is 12.1. The van der Waals surface area contributed by atoms with E-state index < -0.39 is 0 Å². The molecule has 0 rings (SSSR count). The van der Waals surface area contributed by atoms with Crippen LogP contribution in [0.4, 0.5) is 0 Å². The standard InChI is InChI=1S/C40H78O2/c1-4-6-8-10-12-14-16-18-19-20-21-22-23-24-26-28-30-32-34-36-39(37-40(42)38(3)41)35-33-31-29-27-25-17-15-13-11-9-7-5-2/h39H,4-37H2,1-3H3. The summed E-state index contributed by atoms with van der Waals surface area (Å²) in [4.78, 5) is 23.7. The summed E-state index contributed by atoms with van der Waals surface area (Å²) in [5.41, 5.74) is 0. The summed E-state index contributed by atoms with van der Waals surface area (Å²) in [6.07, 6.45) is 45.9. The van der Waals surface area contributed by atoms with Crippen LogP contribution >= 0.6 is 0 Å². The van der Waals surface area contributed by atoms with Crippen molar-refractivity contribution < 1.29 is 9.59 Å². The van der Waals surface area contributed by atoms with Crippen LogP contribution in [0.5, 0.6) is 0 Å². The van der Waals surface area contributed by atoms with Crippen LogP contribution in [0, 0.1) is 5.92 Å². The lowest BCUT2D eigenvalue weighted by Gasteiger charge is -2.15. The quantitative estimate of drug-likeness (QED) is 0.0537. The molecule has 0 N–H and O–H groups in total. The number of carbonyl (C=O) groups is 2. The number of unbranched alkanes of at least 4 members (excludes halogenated alkanes) is 29. The summed E-state index contributed by atoms with van der Waals surface area (Å²) in [5.74, 6) is 0.0370. The van der Waals surface area contributed by atoms with E-state index in [0.29, 0.717) is 12.3 Å². The van der Waals surface area contributed by atoms with Gasteiger partial charge < -0.3 is 0 Å². The number of carbonyl (C=O) groups excluding carboxylic acids is 2. The van der Waals surface area contributed by atoms with Gasteiger partial charge in [0.1, 0.15) is 0 Å². The number of ketones is 2. The van der Waals surface area contributed by atoms with E-state index in [4.69, 9.17) is 0 Å². The van der Waals surface area contributed by atoms with Crippen LogP contribution in [-0.4, -0.2) is 11.6 Å². The van der Waals surface area contributed by atoms with Crippen molar-refractivity contribution in [3.63, 3.8) is 0 Å². The molecule has 42 heavy (non-hydrogen) atoms. The molecule has 0 saturated heterocycles. The molecule has 0 saturated carbocycles. The molecule has 0 spiro atoms. The Morgan fingerprint density at radius 1 is 0.357 bits per heavy atom. The number of rotatable bonds is 36. The van der Waals surface area contributed by atoms with Gasteiger partial charge in [0.15, 0.2) is 11.6 Å². The van der Waals surface area contributed by atoms with E-state index in [1.165, 1.54) is 206 Å². The Balaban J connectivity index is 3.64. The van der Waals surface area contributed by atoms with E-state index in [2.05, 4.69) is 13.8 Å². The van der Waals surface area contributed by atoms with E-state index in [0.717, 1.165) is 12.8 Å². The fourth-order valence-corrected chi connectivity index (χ4v) is 6.54. The van der Waals surface area contributed by atoms with Gasteiger partial charge in [-0.05, 0) is 5.92 Å². The minimum atomic E-state index is -0.247. The average Bonchev–Trinajstić information content (AvgIpc) is 2.98. The van der Waals surface area contributed by atoms with Gasteiger partial charge in [-0.2, -0.15) is 0 Å². The molecule has 0 radical (unpaired) electrons. The first-order valence-electron chi connectivity index (χ1n) is 19.7. The van der Waals surface area contributed by atoms with Crippen molar-refractivity contribution in [1.29, 1.82) is 0 Å². The summed E-state index contributed by atoms with van der Waals surface area (Å²) >= 11 is 0. The highest BCUT2D eigenvalue weighted by Gasteiger charge is 2.16. The van der Waals surface area contributed by atoms with Gasteiger partial charge in [0.05, 0.1) is 0 Å². The van der Waals surface area contributed by atoms with Crippen LogP contribution in [0.2, 0.25) is 0 Å². The molecule has 0 bridgehead atoms. The average molecular weight is 591 g/mol. The van der Waals surface area contributed by atoms with Gasteiger partial charge in [-0.15, -0.1) is 0 Å². The van der Waals surface area contributed by atoms with Gasteiger partial charge in [0.2, 0.25) is 0 Å². The number of Topliss-reactive ketones (excluding diaryl/α,β-unsaturated/α-hetero) is 2. The fourth-order valence-electron chi connectivity index (χ4n) is 6.54. The molecule has 0 aromatic heterocycles. The van der Waals surface area contributed by atoms with Crippen LogP contribution in [0.25, 0.3) is 0 Å². The van der Waals surface area contributed by atoms with Crippen LogP contribution in [-0.2, 0) is 9.59 Å². The Morgan fingerprint density at radius 3 is 0.786 bits per heavy atom. The molecule has 0 aromatic carbocycles. The third-order valence-corrected chi connectivity index (χ3v) is 9.55. The van der Waals surface area contributed by atoms with Crippen molar-refractivity contribution in [2.75, 3.05) is 0 Å². The Morgan fingerprint density at radius 2 is 0.571 bits per heavy atom. The molecule has 0 amide bonds. The molecule has 0 aliphatic heterocycles. The normalized spacial score (nSPS) is 12.2. The topological polar surface area (TPSA) is 34.1 Å². The minimum absolute atomic E-state index is 0.142. The van der Waals surface area contributed by atoms with Crippen molar-refractivity contribution in [3.05, 3.63) is 0 Å². The first-order chi connectivity index (χ1) is 20.6. The van der Waals surface area contributed by atoms with Crippen molar-refractivity contribution in [3.8, 4) is 0 Å². The lowest BCUT2D eigenvalue weighted by Crippen LogP contribution is -2.15. The zero-order valence-corrected chi connectivity index (χ0v) is 29.4. The molecule has 0 fully saturated rings. The predicted octanol–water partition coefficient (Wildman–Crippen LogP) is 14.1. The molecule has 1 unspecified atom stereocenters. The third kappa shape index (κ3) is 32.3. The van der Waals surface area contributed by atoms with Crippen LogP contribution in [0.1, 0.15) is 239 Å². The lowest BCUT2D eigenvalue weighted by atomic mass is 9.89. The Kier molecular flexibility index (Phi) is 34.3. The largest absolute Gasteiger partial charge is 0.291 e. The SMILES string of the molecule is CCCCCCCCCCCCCCCCCCCCCC(CCCCCCCCCCCCCC)CC(=O)C(C)=O. The second-order valence-electron chi connectivity index (χ2n) is 13.9. The molecular weight excluding hydrogens is 512 g/mol. The van der Waals surface area contributed by atoms with Gasteiger partial charge in [-0.1, -0.05) is 226 Å². The number of hydrogen-bond donors (Lipinski definition) is 0. The van der Waals surface area contributed by atoms with Gasteiger partial charge in [-0.25, -0.2) is 0 Å². The molecule has 2 heteroatoms. The molecule has 0 aromatic rings. The van der Waals surface area contributed by atoms with Crippen molar-refractivity contribution in [2.45, 2.75) is 239 Å². The van der Waals surface area contributed by atoms with Gasteiger partial charge in [0, 0.05) is 13.3 Å². The monoisotopic (exact) mass is 591 g/mol. The second kappa shape index (κ2) is 34.8. The van der Waals surface area contributed by atoms with E-state index >= 15 is 0 Å². The van der Waals surface area contributed by atoms with Gasteiger partial charge in [0.25, 0.3) is 0 Å². The van der Waals surface area contributed by atoms with Gasteiger partial charge in [-0.3, -0.25) is 9.59 Å². The van der Waals surface area contributed by atoms with Crippen molar-refractivity contribution >= 4 is 11.6 Å². The Bertz CT molecular complexity index is 554. The Labute approximate surface area is 265 Å². The summed E-state index contributed by atoms with van der Waals surface area (Å²) in [6, 6.07) is 0. The second-order valence-corrected chi connectivity index (χ2v) is 13.9. The number of hydrogen-bond acceptors (Lipinski definition) is 2. The predicted molar refractivity (Wildman–Crippen MR) is 188 cm³/mol. The lowest BCUT2D eigenvalue weighted by molar-refractivity contribution is -0.136. The third-order valence-electron chi connectivity index (χ3n) is 9.55. The van der Waals surface area contributed by atoms with E-state index in [1.807, 2.05) is 0 Å². The highest BCUT2D eigenvalue weighted by molar-refractivity contribution is 6.36. The molecule has 2 nitrogen and oxygen atoms in total. The van der Waals surface area contributed by atoms with E-state index in [1.54, 1.807) is 0 Å². The van der Waals surface area contributed by atoms with Crippen LogP contribution < -0.4 is 0 Å². The first-order valence-corrected chi connectivity index (χ1v) is 19.7. The van der Waals surface area contributed by atoms with Crippen LogP contribution in [0.15, 0.2) is 0 Å². The molecule has 0 aliphatic rings. The van der Waals surface area contributed by atoms with Crippen LogP contribution in [0.3, 0.4) is 0 Å². The fraction of sp³-hybridized carbons (Fsp3) is 0.950. The summed E-state index contributed by atoms with van der Waals surface area (Å²) in [7, 11) is 0. The molecule has 250 valence electrons. The highest BCUT2D eigenvalue weighted by Crippen LogP contribution is 2.23. The summed E-state index contributed by atoms with van der Waals surface area (Å²) in [6.45, 7) is 6.02. The zero-order valence-electron chi connectivity index (χ0n) is 29.4.